The van der Waals surface area contributed by atoms with Gasteiger partial charge in [-0.25, -0.2) is 9.59 Å². The van der Waals surface area contributed by atoms with Crippen LogP contribution in [0.5, 0.6) is 0 Å². The van der Waals surface area contributed by atoms with Crippen molar-refractivity contribution in [2.24, 2.45) is 5.92 Å². The number of nitrogens with one attached hydrogen (secondary N) is 2. The minimum atomic E-state index is -1.23. The first-order valence-corrected chi connectivity index (χ1v) is 14.1. The van der Waals surface area contributed by atoms with Crippen LogP contribution in [0, 0.1) is 5.92 Å². The Bertz CT molecular complexity index is 1360. The van der Waals surface area contributed by atoms with Crippen LogP contribution in [0.15, 0.2) is 78.9 Å². The predicted molar refractivity (Wildman–Crippen MR) is 154 cm³/mol. The summed E-state index contributed by atoms with van der Waals surface area (Å²) in [6, 6.07) is 24.4. The molecule has 0 saturated heterocycles. The van der Waals surface area contributed by atoms with Gasteiger partial charge in [-0.1, -0.05) is 78.9 Å². The fourth-order valence-corrected chi connectivity index (χ4v) is 5.71. The maximum Gasteiger partial charge on any atom is 0.407 e. The van der Waals surface area contributed by atoms with E-state index in [0.29, 0.717) is 0 Å². The highest BCUT2D eigenvalue weighted by molar-refractivity contribution is 5.85. The van der Waals surface area contributed by atoms with E-state index in [9.17, 15) is 19.5 Å². The Morgan fingerprint density at radius 2 is 1.51 bits per heavy atom. The number of benzene rings is 3. The molecule has 2 aliphatic rings. The molecule has 3 N–H and O–H groups in total. The molecule has 0 heterocycles. The third-order valence-electron chi connectivity index (χ3n) is 8.15. The van der Waals surface area contributed by atoms with Gasteiger partial charge in [-0.05, 0) is 60.4 Å². The van der Waals surface area contributed by atoms with Crippen molar-refractivity contribution in [2.45, 2.75) is 63.3 Å². The lowest BCUT2D eigenvalue weighted by Crippen LogP contribution is -2.54. The van der Waals surface area contributed by atoms with Crippen molar-refractivity contribution in [3.8, 4) is 11.1 Å². The van der Waals surface area contributed by atoms with Crippen LogP contribution in [0.2, 0.25) is 0 Å². The number of carbonyl (C=O) groups excluding carboxylic acids is 2. The van der Waals surface area contributed by atoms with Gasteiger partial charge in [-0.15, -0.1) is 0 Å². The Balaban J connectivity index is 1.18. The average molecular weight is 557 g/mol. The number of fused-ring (bicyclic) bond motifs is 3. The molecule has 214 valence electrons. The number of aliphatic carboxylic acids is 1. The number of ether oxygens (including phenoxy) is 2. The second kappa shape index (κ2) is 12.1. The monoisotopic (exact) mass is 556 g/mol. The van der Waals surface area contributed by atoms with E-state index in [1.807, 2.05) is 61.5 Å². The van der Waals surface area contributed by atoms with E-state index >= 15 is 0 Å². The van der Waals surface area contributed by atoms with Crippen molar-refractivity contribution in [3.05, 3.63) is 95.6 Å². The second-order valence-electron chi connectivity index (χ2n) is 11.2. The number of alkyl carbamates (subject to hydrolysis) is 1. The van der Waals surface area contributed by atoms with Gasteiger partial charge in [-0.2, -0.15) is 0 Å². The van der Waals surface area contributed by atoms with Crippen molar-refractivity contribution >= 4 is 18.0 Å². The molecule has 3 aromatic carbocycles. The van der Waals surface area contributed by atoms with Crippen LogP contribution in [0.25, 0.3) is 11.1 Å². The third kappa shape index (κ3) is 6.60. The molecule has 0 aromatic heterocycles. The zero-order valence-electron chi connectivity index (χ0n) is 23.3. The Hall–Kier alpha value is -4.17. The summed E-state index contributed by atoms with van der Waals surface area (Å²) < 4.78 is 11.5. The molecular formula is C33H36N2O6. The molecular weight excluding hydrogens is 520 g/mol. The average Bonchev–Trinajstić information content (AvgIpc) is 3.78. The molecule has 0 radical (unpaired) electrons. The first kappa shape index (κ1) is 28.4. The Kier molecular flexibility index (Phi) is 8.40. The zero-order valence-corrected chi connectivity index (χ0v) is 23.3. The lowest BCUT2D eigenvalue weighted by atomic mass is 9.91. The van der Waals surface area contributed by atoms with Crippen molar-refractivity contribution < 1.29 is 29.0 Å². The number of amides is 2. The molecule has 8 heteroatoms. The van der Waals surface area contributed by atoms with E-state index in [1.54, 1.807) is 6.92 Å². The first-order valence-electron chi connectivity index (χ1n) is 14.1. The predicted octanol–water partition coefficient (Wildman–Crippen LogP) is 5.26. The third-order valence-corrected chi connectivity index (χ3v) is 8.15. The maximum absolute atomic E-state index is 13.1. The normalized spacial score (nSPS) is 16.9. The smallest absolute Gasteiger partial charge is 0.407 e. The van der Waals surface area contributed by atoms with Gasteiger partial charge in [0.25, 0.3) is 0 Å². The van der Waals surface area contributed by atoms with E-state index in [-0.39, 0.29) is 31.5 Å². The van der Waals surface area contributed by atoms with Crippen LogP contribution in [0.4, 0.5) is 4.79 Å². The van der Waals surface area contributed by atoms with Gasteiger partial charge in [-0.3, -0.25) is 4.79 Å². The molecule has 1 fully saturated rings. The van der Waals surface area contributed by atoms with Crippen molar-refractivity contribution in [2.75, 3.05) is 6.61 Å². The molecule has 0 bridgehead atoms. The van der Waals surface area contributed by atoms with Crippen LogP contribution < -0.4 is 10.6 Å². The van der Waals surface area contributed by atoms with Crippen molar-refractivity contribution in [3.63, 3.8) is 0 Å². The van der Waals surface area contributed by atoms with Gasteiger partial charge in [0.1, 0.15) is 6.61 Å². The number of carboxylic acid groups (broad SMARTS) is 1. The molecule has 3 aromatic rings. The SMILES string of the molecule is CC(OCc1ccccc1)C(NC(=O)CC(C)(NC(=O)OCC1c2ccccc2-c2ccccc21)C1CC1)C(=O)O. The van der Waals surface area contributed by atoms with Crippen molar-refractivity contribution in [1.29, 1.82) is 0 Å². The second-order valence-corrected chi connectivity index (χ2v) is 11.2. The number of rotatable bonds is 12. The van der Waals surface area contributed by atoms with Crippen LogP contribution >= 0.6 is 0 Å². The van der Waals surface area contributed by atoms with E-state index in [2.05, 4.69) is 34.9 Å². The fraction of sp³-hybridized carbons (Fsp3) is 0.364. The standard InChI is InChI=1S/C33H36N2O6/c1-21(40-19-22-10-4-3-5-11-22)30(31(37)38)34-29(36)18-33(2,23-16-17-23)35-32(39)41-20-28-26-14-8-6-12-24(26)25-13-7-9-15-27(25)28/h3-15,21,23,28,30H,16-20H2,1-2H3,(H,34,36)(H,35,39)(H,37,38). The largest absolute Gasteiger partial charge is 0.480 e. The summed E-state index contributed by atoms with van der Waals surface area (Å²) in [7, 11) is 0. The minimum Gasteiger partial charge on any atom is -0.480 e. The Labute approximate surface area is 240 Å². The molecule has 8 nitrogen and oxygen atoms in total. The molecule has 5 rings (SSSR count). The molecule has 3 unspecified atom stereocenters. The summed E-state index contributed by atoms with van der Waals surface area (Å²) in [6.45, 7) is 3.84. The molecule has 0 aliphatic heterocycles. The van der Waals surface area contributed by atoms with Crippen LogP contribution in [0.1, 0.15) is 55.7 Å². The lowest BCUT2D eigenvalue weighted by Gasteiger charge is -2.31. The molecule has 1 saturated carbocycles. The Morgan fingerprint density at radius 1 is 0.927 bits per heavy atom. The highest BCUT2D eigenvalue weighted by Crippen LogP contribution is 2.45. The molecule has 2 amide bonds. The number of hydrogen-bond donors (Lipinski definition) is 3. The van der Waals surface area contributed by atoms with Gasteiger partial charge >= 0.3 is 12.1 Å². The summed E-state index contributed by atoms with van der Waals surface area (Å²) in [5, 5.41) is 15.3. The molecule has 3 atom stereocenters. The van der Waals surface area contributed by atoms with Gasteiger partial charge < -0.3 is 25.2 Å². The summed E-state index contributed by atoms with van der Waals surface area (Å²) in [4.78, 5) is 38.1. The van der Waals surface area contributed by atoms with Crippen LogP contribution in [0.3, 0.4) is 0 Å². The summed E-state index contributed by atoms with van der Waals surface area (Å²) >= 11 is 0. The minimum absolute atomic E-state index is 0.0719. The highest BCUT2D eigenvalue weighted by atomic mass is 16.5. The van der Waals surface area contributed by atoms with E-state index in [4.69, 9.17) is 9.47 Å². The van der Waals surface area contributed by atoms with Gasteiger partial charge in [0.2, 0.25) is 5.91 Å². The number of hydrogen-bond acceptors (Lipinski definition) is 5. The summed E-state index contributed by atoms with van der Waals surface area (Å²) in [5.41, 5.74) is 4.56. The van der Waals surface area contributed by atoms with E-state index in [0.717, 1.165) is 40.7 Å². The van der Waals surface area contributed by atoms with Gasteiger partial charge in [0.15, 0.2) is 6.04 Å². The van der Waals surface area contributed by atoms with Gasteiger partial charge in [0.05, 0.1) is 18.2 Å². The summed E-state index contributed by atoms with van der Waals surface area (Å²) in [5.74, 6) is -1.63. The quantitative estimate of drug-likeness (QED) is 0.281. The molecule has 2 aliphatic carbocycles. The zero-order chi connectivity index (χ0) is 29.0. The molecule has 41 heavy (non-hydrogen) atoms. The number of carboxylic acids is 1. The fourth-order valence-electron chi connectivity index (χ4n) is 5.71. The van der Waals surface area contributed by atoms with Gasteiger partial charge in [0, 0.05) is 12.3 Å². The lowest BCUT2D eigenvalue weighted by molar-refractivity contribution is -0.146. The van der Waals surface area contributed by atoms with Crippen LogP contribution in [-0.2, 0) is 25.7 Å². The highest BCUT2D eigenvalue weighted by Gasteiger charge is 2.45. The number of carbonyl (C=O) groups is 3. The first-order chi connectivity index (χ1) is 19.7. The maximum atomic E-state index is 13.1. The Morgan fingerprint density at radius 3 is 2.10 bits per heavy atom. The van der Waals surface area contributed by atoms with Crippen molar-refractivity contribution in [1.82, 2.24) is 10.6 Å². The van der Waals surface area contributed by atoms with E-state index < -0.39 is 35.7 Å². The topological polar surface area (TPSA) is 114 Å². The summed E-state index contributed by atoms with van der Waals surface area (Å²) in [6.07, 6.45) is 0.304. The van der Waals surface area contributed by atoms with Crippen LogP contribution in [-0.4, -0.2) is 47.4 Å². The van der Waals surface area contributed by atoms with E-state index in [1.165, 1.54) is 0 Å². The molecule has 0 spiro atoms.